The summed E-state index contributed by atoms with van der Waals surface area (Å²) in [5, 5.41) is 7.42. The molecule has 0 aromatic heterocycles. The van der Waals surface area contributed by atoms with Crippen LogP contribution in [0.2, 0.25) is 0 Å². The van der Waals surface area contributed by atoms with Crippen molar-refractivity contribution in [1.29, 1.82) is 5.41 Å². The summed E-state index contributed by atoms with van der Waals surface area (Å²) in [4.78, 5) is 2.29. The largest absolute Gasteiger partial charge is 0.385 e. The van der Waals surface area contributed by atoms with Crippen molar-refractivity contribution in [2.45, 2.75) is 44.5 Å². The summed E-state index contributed by atoms with van der Waals surface area (Å²) in [6.07, 6.45) is 2.32. The van der Waals surface area contributed by atoms with E-state index >= 15 is 0 Å². The Labute approximate surface area is 103 Å². The summed E-state index contributed by atoms with van der Waals surface area (Å²) in [7, 11) is 0. The molecule has 0 aromatic rings. The van der Waals surface area contributed by atoms with Gasteiger partial charge in [0.05, 0.1) is 18.3 Å². The second-order valence-electron chi connectivity index (χ2n) is 5.61. The average molecular weight is 241 g/mol. The third kappa shape index (κ3) is 3.40. The van der Waals surface area contributed by atoms with E-state index in [1.807, 2.05) is 0 Å². The van der Waals surface area contributed by atoms with E-state index in [0.717, 1.165) is 32.5 Å². The van der Waals surface area contributed by atoms with Gasteiger partial charge in [-0.1, -0.05) is 0 Å². The highest BCUT2D eigenvalue weighted by molar-refractivity contribution is 5.82. The summed E-state index contributed by atoms with van der Waals surface area (Å²) < 4.78 is 11.4. The lowest BCUT2D eigenvalue weighted by Gasteiger charge is -2.34. The Bertz CT molecular complexity index is 293. The van der Waals surface area contributed by atoms with E-state index in [1.54, 1.807) is 0 Å². The number of nitrogens with two attached hydrogens (primary N) is 1. The molecule has 2 atom stereocenters. The van der Waals surface area contributed by atoms with Crippen LogP contribution in [0.5, 0.6) is 0 Å². The van der Waals surface area contributed by atoms with Crippen LogP contribution in [0.4, 0.5) is 0 Å². The second-order valence-corrected chi connectivity index (χ2v) is 5.61. The smallest absolute Gasteiger partial charge is 0.127 e. The Morgan fingerprint density at radius 2 is 2.29 bits per heavy atom. The van der Waals surface area contributed by atoms with Gasteiger partial charge in [0.1, 0.15) is 11.9 Å². The van der Waals surface area contributed by atoms with Crippen LogP contribution in [0.3, 0.4) is 0 Å². The van der Waals surface area contributed by atoms with E-state index in [-0.39, 0.29) is 17.5 Å². The maximum Gasteiger partial charge on any atom is 0.127 e. The second kappa shape index (κ2) is 4.92. The summed E-state index contributed by atoms with van der Waals surface area (Å²) in [6, 6.07) is 0. The SMILES string of the molecule is CC1(C)CCC(CN2CCOC(C(=N)N)C2)O1. The molecule has 0 spiro atoms. The van der Waals surface area contributed by atoms with Crippen molar-refractivity contribution in [3.8, 4) is 0 Å². The number of rotatable bonds is 3. The first-order valence-corrected chi connectivity index (χ1v) is 6.32. The molecule has 2 fully saturated rings. The fourth-order valence-electron chi connectivity index (χ4n) is 2.55. The van der Waals surface area contributed by atoms with Gasteiger partial charge in [0.25, 0.3) is 0 Å². The van der Waals surface area contributed by atoms with Gasteiger partial charge in [0, 0.05) is 19.6 Å². The third-order valence-electron chi connectivity index (χ3n) is 3.51. The van der Waals surface area contributed by atoms with Crippen LogP contribution >= 0.6 is 0 Å². The normalized spacial score (nSPS) is 33.8. The van der Waals surface area contributed by atoms with Crippen LogP contribution in [0.1, 0.15) is 26.7 Å². The Balaban J connectivity index is 1.81. The van der Waals surface area contributed by atoms with Crippen LogP contribution in [0.25, 0.3) is 0 Å². The van der Waals surface area contributed by atoms with E-state index in [2.05, 4.69) is 18.7 Å². The fraction of sp³-hybridized carbons (Fsp3) is 0.917. The Morgan fingerprint density at radius 3 is 2.88 bits per heavy atom. The standard InChI is InChI=1S/C12H23N3O2/c1-12(2)4-3-9(17-12)7-15-5-6-16-10(8-15)11(13)14/h9-10H,3-8H2,1-2H3,(H3,13,14). The molecule has 2 unspecified atom stereocenters. The molecule has 5 nitrogen and oxygen atoms in total. The summed E-state index contributed by atoms with van der Waals surface area (Å²) in [6.45, 7) is 7.49. The Hall–Kier alpha value is -0.650. The minimum absolute atomic E-state index is 0.0247. The van der Waals surface area contributed by atoms with Crippen LogP contribution < -0.4 is 5.73 Å². The molecule has 2 aliphatic rings. The van der Waals surface area contributed by atoms with Crippen LogP contribution in [-0.4, -0.2) is 54.8 Å². The number of amidine groups is 1. The fourth-order valence-corrected chi connectivity index (χ4v) is 2.55. The van der Waals surface area contributed by atoms with Gasteiger partial charge in [-0.15, -0.1) is 0 Å². The van der Waals surface area contributed by atoms with Crippen molar-refractivity contribution in [3.05, 3.63) is 0 Å². The third-order valence-corrected chi connectivity index (χ3v) is 3.51. The van der Waals surface area contributed by atoms with Crippen LogP contribution in [-0.2, 0) is 9.47 Å². The number of nitrogens with one attached hydrogen (secondary N) is 1. The molecule has 5 heteroatoms. The molecular formula is C12H23N3O2. The first-order chi connectivity index (χ1) is 7.96. The molecule has 0 amide bonds. The average Bonchev–Trinajstić information content (AvgIpc) is 2.58. The van der Waals surface area contributed by atoms with Gasteiger partial charge < -0.3 is 15.2 Å². The molecule has 0 aliphatic carbocycles. The number of hydrogen-bond donors (Lipinski definition) is 2. The number of ether oxygens (including phenoxy) is 2. The Morgan fingerprint density at radius 1 is 1.53 bits per heavy atom. The van der Waals surface area contributed by atoms with E-state index in [1.165, 1.54) is 0 Å². The van der Waals surface area contributed by atoms with Crippen molar-refractivity contribution in [1.82, 2.24) is 4.90 Å². The zero-order valence-corrected chi connectivity index (χ0v) is 10.7. The van der Waals surface area contributed by atoms with Gasteiger partial charge in [-0.25, -0.2) is 0 Å². The number of hydrogen-bond acceptors (Lipinski definition) is 4. The molecule has 98 valence electrons. The summed E-state index contributed by atoms with van der Waals surface area (Å²) >= 11 is 0. The number of morpholine rings is 1. The molecule has 2 saturated heterocycles. The molecule has 0 bridgehead atoms. The maximum absolute atomic E-state index is 7.42. The predicted octanol–water partition coefficient (Wildman–Crippen LogP) is 0.581. The molecule has 2 rings (SSSR count). The van der Waals surface area contributed by atoms with Crippen LogP contribution in [0, 0.1) is 5.41 Å². The van der Waals surface area contributed by atoms with E-state index < -0.39 is 0 Å². The quantitative estimate of drug-likeness (QED) is 0.560. The Kier molecular flexibility index (Phi) is 3.70. The molecule has 2 aliphatic heterocycles. The highest BCUT2D eigenvalue weighted by atomic mass is 16.5. The lowest BCUT2D eigenvalue weighted by molar-refractivity contribution is -0.0511. The molecular weight excluding hydrogens is 218 g/mol. The van der Waals surface area contributed by atoms with Crippen molar-refractivity contribution >= 4 is 5.84 Å². The molecule has 0 aromatic carbocycles. The topological polar surface area (TPSA) is 71.6 Å². The van der Waals surface area contributed by atoms with Crippen molar-refractivity contribution < 1.29 is 9.47 Å². The molecule has 2 heterocycles. The van der Waals surface area contributed by atoms with Crippen molar-refractivity contribution in [2.75, 3.05) is 26.2 Å². The zero-order chi connectivity index (χ0) is 12.5. The highest BCUT2D eigenvalue weighted by Gasteiger charge is 2.33. The highest BCUT2D eigenvalue weighted by Crippen LogP contribution is 2.29. The predicted molar refractivity (Wildman–Crippen MR) is 66.3 cm³/mol. The molecule has 17 heavy (non-hydrogen) atoms. The van der Waals surface area contributed by atoms with Gasteiger partial charge >= 0.3 is 0 Å². The van der Waals surface area contributed by atoms with Crippen molar-refractivity contribution in [3.63, 3.8) is 0 Å². The summed E-state index contributed by atoms with van der Waals surface area (Å²) in [5.41, 5.74) is 5.51. The van der Waals surface area contributed by atoms with Gasteiger partial charge in [0.2, 0.25) is 0 Å². The maximum atomic E-state index is 7.42. The first-order valence-electron chi connectivity index (χ1n) is 6.32. The van der Waals surface area contributed by atoms with Gasteiger partial charge in [-0.3, -0.25) is 10.3 Å². The molecule has 0 radical (unpaired) electrons. The zero-order valence-electron chi connectivity index (χ0n) is 10.7. The monoisotopic (exact) mass is 241 g/mol. The van der Waals surface area contributed by atoms with E-state index in [0.29, 0.717) is 12.7 Å². The minimum atomic E-state index is -0.238. The summed E-state index contributed by atoms with van der Waals surface area (Å²) in [5.74, 6) is 0.127. The van der Waals surface area contributed by atoms with E-state index in [4.69, 9.17) is 20.6 Å². The lowest BCUT2D eigenvalue weighted by atomic mass is 10.1. The number of nitrogens with zero attached hydrogens (tertiary/aromatic N) is 1. The van der Waals surface area contributed by atoms with E-state index in [9.17, 15) is 0 Å². The first kappa shape index (κ1) is 12.8. The van der Waals surface area contributed by atoms with Crippen LogP contribution in [0.15, 0.2) is 0 Å². The van der Waals surface area contributed by atoms with Gasteiger partial charge in [0.15, 0.2) is 0 Å². The molecule has 0 saturated carbocycles. The van der Waals surface area contributed by atoms with Gasteiger partial charge in [-0.05, 0) is 26.7 Å². The van der Waals surface area contributed by atoms with Gasteiger partial charge in [-0.2, -0.15) is 0 Å². The van der Waals surface area contributed by atoms with Crippen molar-refractivity contribution in [2.24, 2.45) is 5.73 Å². The molecule has 3 N–H and O–H groups in total. The minimum Gasteiger partial charge on any atom is -0.385 e. The lowest BCUT2D eigenvalue weighted by Crippen LogP contribution is -2.50.